The van der Waals surface area contributed by atoms with Gasteiger partial charge in [-0.05, 0) is 49.6 Å². The second kappa shape index (κ2) is 10.2. The molecule has 2 aliphatic rings. The van der Waals surface area contributed by atoms with Crippen LogP contribution in [0, 0.1) is 0 Å². The molecule has 1 atom stereocenters. The number of fused-ring (bicyclic) bond motifs is 2. The molecule has 0 saturated carbocycles. The minimum Gasteiger partial charge on any atom is -0.453 e. The Hall–Kier alpha value is -3.15. The number of carbonyl (C=O) groups excluding carboxylic acids is 1. The van der Waals surface area contributed by atoms with Crippen LogP contribution in [-0.4, -0.2) is 49.1 Å². The molecule has 0 amide bonds. The van der Waals surface area contributed by atoms with Crippen molar-refractivity contribution in [2.45, 2.75) is 38.6 Å². The van der Waals surface area contributed by atoms with Crippen LogP contribution < -0.4 is 9.64 Å². The summed E-state index contributed by atoms with van der Waals surface area (Å²) in [6.07, 6.45) is 2.74. The van der Waals surface area contributed by atoms with E-state index in [1.165, 1.54) is 0 Å². The minimum atomic E-state index is -0.701. The third-order valence-corrected chi connectivity index (χ3v) is 7.21. The summed E-state index contributed by atoms with van der Waals surface area (Å²) >= 11 is 0. The van der Waals surface area contributed by atoms with Gasteiger partial charge in [-0.2, -0.15) is 0 Å². The van der Waals surface area contributed by atoms with E-state index in [2.05, 4.69) is 41.8 Å². The van der Waals surface area contributed by atoms with Crippen molar-refractivity contribution < 1.29 is 14.3 Å². The van der Waals surface area contributed by atoms with Crippen LogP contribution in [0.3, 0.4) is 0 Å². The monoisotopic (exact) mass is 470 g/mol. The van der Waals surface area contributed by atoms with E-state index in [9.17, 15) is 4.79 Å². The van der Waals surface area contributed by atoms with Crippen LogP contribution in [0.5, 0.6) is 11.5 Å². The molecule has 35 heavy (non-hydrogen) atoms. The molecule has 2 aliphatic heterocycles. The van der Waals surface area contributed by atoms with Gasteiger partial charge in [0.2, 0.25) is 0 Å². The van der Waals surface area contributed by atoms with Crippen LogP contribution in [-0.2, 0) is 11.2 Å². The lowest BCUT2D eigenvalue weighted by Gasteiger charge is -2.43. The molecule has 5 heteroatoms. The molecule has 0 spiro atoms. The fraction of sp³-hybridized carbons (Fsp3) is 0.367. The van der Waals surface area contributed by atoms with E-state index >= 15 is 0 Å². The molecule has 1 saturated heterocycles. The van der Waals surface area contributed by atoms with Crippen molar-refractivity contribution in [3.8, 4) is 11.5 Å². The van der Waals surface area contributed by atoms with Gasteiger partial charge in [0.1, 0.15) is 0 Å². The number of benzene rings is 3. The Morgan fingerprint density at radius 3 is 2.40 bits per heavy atom. The highest BCUT2D eigenvalue weighted by molar-refractivity contribution is 6.09. The van der Waals surface area contributed by atoms with Crippen LogP contribution >= 0.6 is 0 Å². The molecular formula is C30H34N2O3. The Balaban J connectivity index is 1.60. The van der Waals surface area contributed by atoms with Gasteiger partial charge in [0.25, 0.3) is 0 Å². The average molecular weight is 471 g/mol. The summed E-state index contributed by atoms with van der Waals surface area (Å²) in [5.41, 5.74) is 3.08. The van der Waals surface area contributed by atoms with Crippen LogP contribution in [0.2, 0.25) is 0 Å². The zero-order chi connectivity index (χ0) is 24.3. The number of hydrogen-bond acceptors (Lipinski definition) is 5. The molecule has 0 aromatic heterocycles. The number of hydrogen-bond donors (Lipinski definition) is 0. The zero-order valence-corrected chi connectivity index (χ0v) is 20.7. The number of ether oxygens (including phenoxy) is 2. The number of unbranched alkanes of at least 4 members (excludes halogenated alkanes) is 1. The van der Waals surface area contributed by atoms with Gasteiger partial charge < -0.3 is 14.4 Å². The van der Waals surface area contributed by atoms with Crippen LogP contribution in [0.15, 0.2) is 72.8 Å². The van der Waals surface area contributed by atoms with E-state index < -0.39 is 5.54 Å². The predicted octanol–water partition coefficient (Wildman–Crippen LogP) is 6.25. The Bertz CT molecular complexity index is 1170. The number of morpholine rings is 1. The minimum absolute atomic E-state index is 0.129. The van der Waals surface area contributed by atoms with Crippen molar-refractivity contribution in [1.29, 1.82) is 0 Å². The number of ketones is 1. The summed E-state index contributed by atoms with van der Waals surface area (Å²) in [5.74, 6) is 1.71. The number of rotatable bonds is 8. The summed E-state index contributed by atoms with van der Waals surface area (Å²) in [6.45, 7) is 7.89. The Kier molecular flexibility index (Phi) is 6.89. The summed E-state index contributed by atoms with van der Waals surface area (Å²) in [7, 11) is 0. The van der Waals surface area contributed by atoms with Gasteiger partial charge in [0, 0.05) is 25.2 Å². The lowest BCUT2D eigenvalue weighted by molar-refractivity contribution is -0.00946. The SMILES string of the molecule is CCCCN1c2ccccc2Oc2cccc(C(=O)C(C)(Cc3ccccc3)N3CCOCC3)c21. The Labute approximate surface area is 208 Å². The quantitative estimate of drug-likeness (QED) is 0.364. The van der Waals surface area contributed by atoms with Gasteiger partial charge in [-0.15, -0.1) is 0 Å². The molecule has 3 aromatic rings. The van der Waals surface area contributed by atoms with Gasteiger partial charge >= 0.3 is 0 Å². The fourth-order valence-electron chi connectivity index (χ4n) is 5.30. The maximum absolute atomic E-state index is 14.6. The Morgan fingerprint density at radius 1 is 0.914 bits per heavy atom. The van der Waals surface area contributed by atoms with E-state index in [4.69, 9.17) is 9.47 Å². The van der Waals surface area contributed by atoms with Crippen molar-refractivity contribution >= 4 is 17.2 Å². The molecule has 0 radical (unpaired) electrons. The smallest absolute Gasteiger partial charge is 0.185 e. The molecule has 0 N–H and O–H groups in total. The topological polar surface area (TPSA) is 42.0 Å². The normalized spacial score (nSPS) is 17.1. The molecule has 2 heterocycles. The van der Waals surface area contributed by atoms with E-state index in [0.29, 0.717) is 19.6 Å². The van der Waals surface area contributed by atoms with Gasteiger partial charge in [-0.25, -0.2) is 0 Å². The van der Waals surface area contributed by atoms with E-state index in [1.807, 2.05) is 54.6 Å². The predicted molar refractivity (Wildman–Crippen MR) is 140 cm³/mol. The molecule has 0 aliphatic carbocycles. The van der Waals surface area contributed by atoms with Crippen molar-refractivity contribution in [2.75, 3.05) is 37.7 Å². The molecule has 1 unspecified atom stereocenters. The first kappa shape index (κ1) is 23.6. The second-order valence-corrected chi connectivity index (χ2v) is 9.59. The van der Waals surface area contributed by atoms with Crippen LogP contribution in [0.25, 0.3) is 0 Å². The van der Waals surface area contributed by atoms with Gasteiger partial charge in [0.05, 0.1) is 30.1 Å². The van der Waals surface area contributed by atoms with Gasteiger partial charge in [-0.3, -0.25) is 9.69 Å². The number of carbonyl (C=O) groups is 1. The molecule has 5 rings (SSSR count). The molecular weight excluding hydrogens is 436 g/mol. The molecule has 1 fully saturated rings. The van der Waals surface area contributed by atoms with Crippen LogP contribution in [0.4, 0.5) is 11.4 Å². The summed E-state index contributed by atoms with van der Waals surface area (Å²) in [6, 6.07) is 24.3. The number of para-hydroxylation sites is 3. The third kappa shape index (κ3) is 4.58. The van der Waals surface area contributed by atoms with Gasteiger partial charge in [0.15, 0.2) is 17.3 Å². The summed E-state index contributed by atoms with van der Waals surface area (Å²) < 4.78 is 12.0. The first-order valence-electron chi connectivity index (χ1n) is 12.7. The lowest BCUT2D eigenvalue weighted by atomic mass is 9.82. The maximum atomic E-state index is 14.6. The number of anilines is 2. The third-order valence-electron chi connectivity index (χ3n) is 7.21. The van der Waals surface area contributed by atoms with Gasteiger partial charge in [-0.1, -0.05) is 61.9 Å². The van der Waals surface area contributed by atoms with Crippen molar-refractivity contribution in [3.05, 3.63) is 83.9 Å². The molecule has 0 bridgehead atoms. The lowest BCUT2D eigenvalue weighted by Crippen LogP contribution is -2.57. The average Bonchev–Trinajstić information content (AvgIpc) is 2.91. The standard InChI is InChI=1S/C30H34N2O3/c1-3-4-17-32-25-14-8-9-15-26(25)35-27-16-10-13-24(28(27)32)29(33)30(2,31-18-20-34-21-19-31)22-23-11-6-5-7-12-23/h5-16H,3-4,17-22H2,1-2H3. The largest absolute Gasteiger partial charge is 0.453 e. The Morgan fingerprint density at radius 2 is 1.63 bits per heavy atom. The van der Waals surface area contributed by atoms with E-state index in [-0.39, 0.29) is 5.78 Å². The highest BCUT2D eigenvalue weighted by Crippen LogP contribution is 2.49. The highest BCUT2D eigenvalue weighted by atomic mass is 16.5. The number of Topliss-reactive ketones (excluding diaryl/α,β-unsaturated/α-hetero) is 1. The summed E-state index contributed by atoms with van der Waals surface area (Å²) in [5, 5.41) is 0. The van der Waals surface area contributed by atoms with Crippen molar-refractivity contribution in [2.24, 2.45) is 0 Å². The molecule has 5 nitrogen and oxygen atoms in total. The van der Waals surface area contributed by atoms with Crippen LogP contribution in [0.1, 0.15) is 42.6 Å². The van der Waals surface area contributed by atoms with E-state index in [1.54, 1.807) is 0 Å². The highest BCUT2D eigenvalue weighted by Gasteiger charge is 2.43. The number of nitrogens with zero attached hydrogens (tertiary/aromatic N) is 2. The summed E-state index contributed by atoms with van der Waals surface area (Å²) in [4.78, 5) is 19.2. The van der Waals surface area contributed by atoms with Crippen molar-refractivity contribution in [3.63, 3.8) is 0 Å². The first-order valence-corrected chi connectivity index (χ1v) is 12.7. The maximum Gasteiger partial charge on any atom is 0.185 e. The molecule has 182 valence electrons. The second-order valence-electron chi connectivity index (χ2n) is 9.59. The first-order chi connectivity index (χ1) is 17.1. The fourth-order valence-corrected chi connectivity index (χ4v) is 5.30. The van der Waals surface area contributed by atoms with Crippen molar-refractivity contribution in [1.82, 2.24) is 4.90 Å². The molecule has 3 aromatic carbocycles. The zero-order valence-electron chi connectivity index (χ0n) is 20.7. The van der Waals surface area contributed by atoms with E-state index in [0.717, 1.165) is 66.5 Å².